The molecule has 0 unspecified atom stereocenters. The Morgan fingerprint density at radius 1 is 1.29 bits per heavy atom. The summed E-state index contributed by atoms with van der Waals surface area (Å²) in [5, 5.41) is 4.82. The van der Waals surface area contributed by atoms with E-state index < -0.39 is 0 Å². The smallest absolute Gasteiger partial charge is 0.157 e. The van der Waals surface area contributed by atoms with E-state index in [0.29, 0.717) is 22.5 Å². The standard InChI is InChI=1S/C17H18FN5O/c1-19-8-14-16(24-11-2-4-20-5-3-11)15-12-6-10(18)7-22-17(12)23-13(15)9-21-14/h6-9,11,20H,2-5H2,1H3,(H,22,23). The van der Waals surface area contributed by atoms with Crippen LogP contribution in [0.5, 0.6) is 5.75 Å². The average molecular weight is 327 g/mol. The van der Waals surface area contributed by atoms with Crippen molar-refractivity contribution in [1.29, 1.82) is 0 Å². The van der Waals surface area contributed by atoms with Crippen molar-refractivity contribution in [3.8, 4) is 5.75 Å². The molecule has 0 aliphatic carbocycles. The molecule has 124 valence electrons. The molecule has 0 bridgehead atoms. The Kier molecular flexibility index (Phi) is 3.86. The van der Waals surface area contributed by atoms with Crippen LogP contribution >= 0.6 is 0 Å². The van der Waals surface area contributed by atoms with Gasteiger partial charge in [-0.2, -0.15) is 0 Å². The van der Waals surface area contributed by atoms with Gasteiger partial charge in [-0.05, 0) is 32.0 Å². The number of aromatic amines is 1. The molecule has 0 spiro atoms. The zero-order valence-corrected chi connectivity index (χ0v) is 13.3. The molecule has 3 aromatic rings. The second kappa shape index (κ2) is 6.16. The largest absolute Gasteiger partial charge is 0.487 e. The molecular formula is C17H18FN5O. The molecular weight excluding hydrogens is 309 g/mol. The minimum absolute atomic E-state index is 0.106. The molecule has 3 aromatic heterocycles. The fraction of sp³-hybridized carbons (Fsp3) is 0.353. The highest BCUT2D eigenvalue weighted by Gasteiger charge is 2.21. The number of nitrogens with zero attached hydrogens (tertiary/aromatic N) is 3. The summed E-state index contributed by atoms with van der Waals surface area (Å²) in [5.41, 5.74) is 2.04. The molecule has 24 heavy (non-hydrogen) atoms. The fourth-order valence-corrected chi connectivity index (χ4v) is 3.14. The lowest BCUT2D eigenvalue weighted by molar-refractivity contribution is 0.164. The van der Waals surface area contributed by atoms with Crippen LogP contribution in [-0.4, -0.2) is 47.4 Å². The molecule has 6 nitrogen and oxygen atoms in total. The van der Waals surface area contributed by atoms with Gasteiger partial charge >= 0.3 is 0 Å². The van der Waals surface area contributed by atoms with E-state index in [4.69, 9.17) is 4.74 Å². The van der Waals surface area contributed by atoms with Gasteiger partial charge in [-0.15, -0.1) is 0 Å². The molecule has 4 heterocycles. The van der Waals surface area contributed by atoms with Gasteiger partial charge in [-0.25, -0.2) is 14.4 Å². The number of piperidine rings is 1. The van der Waals surface area contributed by atoms with Crippen molar-refractivity contribution in [1.82, 2.24) is 20.3 Å². The van der Waals surface area contributed by atoms with Crippen LogP contribution in [0.4, 0.5) is 4.39 Å². The minimum atomic E-state index is -0.376. The first-order valence-corrected chi connectivity index (χ1v) is 8.01. The Labute approximate surface area is 138 Å². The van der Waals surface area contributed by atoms with Gasteiger partial charge in [-0.1, -0.05) is 0 Å². The monoisotopic (exact) mass is 327 g/mol. The first-order chi connectivity index (χ1) is 11.8. The van der Waals surface area contributed by atoms with Gasteiger partial charge in [0.15, 0.2) is 5.75 Å². The molecule has 2 N–H and O–H groups in total. The topological polar surface area (TPSA) is 75.2 Å². The number of hydrogen-bond acceptors (Lipinski definition) is 5. The van der Waals surface area contributed by atoms with Crippen LogP contribution in [0, 0.1) is 5.82 Å². The van der Waals surface area contributed by atoms with E-state index in [0.717, 1.165) is 36.8 Å². The summed E-state index contributed by atoms with van der Waals surface area (Å²) in [6, 6.07) is 1.48. The van der Waals surface area contributed by atoms with Crippen LogP contribution in [-0.2, 0) is 0 Å². The molecule has 0 aromatic carbocycles. The Morgan fingerprint density at radius 3 is 2.92 bits per heavy atom. The molecule has 1 aliphatic rings. The maximum Gasteiger partial charge on any atom is 0.157 e. The molecule has 0 radical (unpaired) electrons. The van der Waals surface area contributed by atoms with Crippen LogP contribution < -0.4 is 10.1 Å². The van der Waals surface area contributed by atoms with E-state index in [1.807, 2.05) is 0 Å². The number of rotatable bonds is 3. The summed E-state index contributed by atoms with van der Waals surface area (Å²) in [5.74, 6) is 0.266. The van der Waals surface area contributed by atoms with Crippen LogP contribution in [0.3, 0.4) is 0 Å². The van der Waals surface area contributed by atoms with Crippen molar-refractivity contribution >= 4 is 28.2 Å². The predicted molar refractivity (Wildman–Crippen MR) is 91.4 cm³/mol. The van der Waals surface area contributed by atoms with Gasteiger partial charge in [0.25, 0.3) is 0 Å². The van der Waals surface area contributed by atoms with Crippen LogP contribution in [0.2, 0.25) is 0 Å². The third kappa shape index (κ3) is 2.60. The van der Waals surface area contributed by atoms with E-state index in [2.05, 4.69) is 25.3 Å². The second-order valence-corrected chi connectivity index (χ2v) is 5.89. The zero-order valence-electron chi connectivity index (χ0n) is 13.3. The maximum absolute atomic E-state index is 13.7. The Hall–Kier alpha value is -2.54. The van der Waals surface area contributed by atoms with E-state index in [1.165, 1.54) is 12.3 Å². The number of H-pyrrole nitrogens is 1. The summed E-state index contributed by atoms with van der Waals surface area (Å²) in [6.45, 7) is 1.85. The number of nitrogens with one attached hydrogen (secondary N) is 2. The normalized spacial score (nSPS) is 16.4. The van der Waals surface area contributed by atoms with Crippen molar-refractivity contribution in [2.75, 3.05) is 20.1 Å². The summed E-state index contributed by atoms with van der Waals surface area (Å²) >= 11 is 0. The minimum Gasteiger partial charge on any atom is -0.487 e. The highest BCUT2D eigenvalue weighted by atomic mass is 19.1. The summed E-state index contributed by atoms with van der Waals surface area (Å²) in [6.07, 6.45) is 6.53. The van der Waals surface area contributed by atoms with Gasteiger partial charge in [0.1, 0.15) is 23.3 Å². The fourth-order valence-electron chi connectivity index (χ4n) is 3.14. The molecule has 0 atom stereocenters. The third-order valence-corrected chi connectivity index (χ3v) is 4.26. The van der Waals surface area contributed by atoms with E-state index in [1.54, 1.807) is 19.5 Å². The highest BCUT2D eigenvalue weighted by Crippen LogP contribution is 2.35. The van der Waals surface area contributed by atoms with Crippen LogP contribution in [0.25, 0.3) is 21.9 Å². The molecule has 1 aliphatic heterocycles. The lowest BCUT2D eigenvalue weighted by Gasteiger charge is -2.24. The number of aromatic nitrogens is 3. The number of aliphatic imine (C=N–C) groups is 1. The van der Waals surface area contributed by atoms with Crippen molar-refractivity contribution in [2.45, 2.75) is 18.9 Å². The lowest BCUT2D eigenvalue weighted by Crippen LogP contribution is -2.34. The molecule has 1 fully saturated rings. The Bertz CT molecular complexity index is 914. The molecule has 7 heteroatoms. The zero-order chi connectivity index (χ0) is 16.5. The van der Waals surface area contributed by atoms with Crippen LogP contribution in [0.1, 0.15) is 18.5 Å². The second-order valence-electron chi connectivity index (χ2n) is 5.89. The molecule has 4 rings (SSSR count). The van der Waals surface area contributed by atoms with Crippen LogP contribution in [0.15, 0.2) is 23.5 Å². The SMILES string of the molecule is CN=Cc1ncc2[nH]c3ncc(F)cc3c2c1OC1CCNCC1. The first kappa shape index (κ1) is 15.0. The maximum atomic E-state index is 13.7. The van der Waals surface area contributed by atoms with Gasteiger partial charge in [0, 0.05) is 12.4 Å². The predicted octanol–water partition coefficient (Wildman–Crippen LogP) is 2.43. The van der Waals surface area contributed by atoms with Gasteiger partial charge in [-0.3, -0.25) is 4.99 Å². The first-order valence-electron chi connectivity index (χ1n) is 8.01. The van der Waals surface area contributed by atoms with E-state index in [9.17, 15) is 4.39 Å². The number of fused-ring (bicyclic) bond motifs is 3. The quantitative estimate of drug-likeness (QED) is 0.725. The van der Waals surface area contributed by atoms with Crippen molar-refractivity contribution < 1.29 is 9.13 Å². The molecule has 0 saturated carbocycles. The van der Waals surface area contributed by atoms with Crippen molar-refractivity contribution in [3.63, 3.8) is 0 Å². The summed E-state index contributed by atoms with van der Waals surface area (Å²) in [4.78, 5) is 15.8. The van der Waals surface area contributed by atoms with Gasteiger partial charge < -0.3 is 15.0 Å². The highest BCUT2D eigenvalue weighted by molar-refractivity contribution is 6.11. The lowest BCUT2D eigenvalue weighted by atomic mass is 10.1. The molecule has 1 saturated heterocycles. The van der Waals surface area contributed by atoms with Gasteiger partial charge in [0.2, 0.25) is 0 Å². The third-order valence-electron chi connectivity index (χ3n) is 4.26. The average Bonchev–Trinajstić information content (AvgIpc) is 2.96. The number of pyridine rings is 2. The number of hydrogen-bond donors (Lipinski definition) is 2. The van der Waals surface area contributed by atoms with E-state index >= 15 is 0 Å². The summed E-state index contributed by atoms with van der Waals surface area (Å²) < 4.78 is 20.0. The van der Waals surface area contributed by atoms with Crippen molar-refractivity contribution in [3.05, 3.63) is 30.0 Å². The van der Waals surface area contributed by atoms with Gasteiger partial charge in [0.05, 0.1) is 29.5 Å². The summed E-state index contributed by atoms with van der Waals surface area (Å²) in [7, 11) is 1.69. The number of ether oxygens (including phenoxy) is 1. The Morgan fingerprint density at radius 2 is 2.12 bits per heavy atom. The van der Waals surface area contributed by atoms with E-state index in [-0.39, 0.29) is 11.9 Å². The number of halogens is 1. The molecule has 0 amide bonds. The van der Waals surface area contributed by atoms with Crippen molar-refractivity contribution in [2.24, 2.45) is 4.99 Å². The Balaban J connectivity index is 1.92.